The molecule has 2 aromatic heterocycles. The third kappa shape index (κ3) is 4.08. The minimum Gasteiger partial charge on any atom is -0.301 e. The van der Waals surface area contributed by atoms with Crippen LogP contribution in [0.2, 0.25) is 0 Å². The Morgan fingerprint density at radius 2 is 1.89 bits per heavy atom. The maximum atomic E-state index is 14.1. The molecule has 1 radical (unpaired) electrons. The van der Waals surface area contributed by atoms with Crippen molar-refractivity contribution in [3.8, 4) is 16.9 Å². The largest absolute Gasteiger partial charge is 0.301 e. The molecule has 6 heteroatoms. The fourth-order valence-electron chi connectivity index (χ4n) is 2.90. The summed E-state index contributed by atoms with van der Waals surface area (Å²) in [7, 11) is 0. The molecule has 0 N–H and O–H groups in total. The Hall–Kier alpha value is -2.69. The number of hydrogen-bond acceptors (Lipinski definition) is 2. The Labute approximate surface area is 175 Å². The molecule has 0 amide bonds. The van der Waals surface area contributed by atoms with Gasteiger partial charge in [-0.2, -0.15) is 28.9 Å². The normalized spacial score (nSPS) is 11.7. The van der Waals surface area contributed by atoms with Crippen LogP contribution in [-0.4, -0.2) is 14.8 Å². The quantitative estimate of drug-likeness (QED) is 0.336. The Balaban J connectivity index is 0.00000225. The van der Waals surface area contributed by atoms with Crippen molar-refractivity contribution in [2.75, 3.05) is 0 Å². The summed E-state index contributed by atoms with van der Waals surface area (Å²) in [5.41, 5.74) is 3.10. The molecule has 0 saturated carbocycles. The van der Waals surface area contributed by atoms with Crippen molar-refractivity contribution in [1.82, 2.24) is 14.8 Å². The molecule has 4 rings (SSSR count). The number of halogens is 2. The van der Waals surface area contributed by atoms with Gasteiger partial charge in [0.05, 0.1) is 0 Å². The molecular formula is C22H15F2IrN3-2. The van der Waals surface area contributed by atoms with Gasteiger partial charge in [-0.05, 0) is 29.4 Å². The number of hydrogen-bond donors (Lipinski definition) is 0. The van der Waals surface area contributed by atoms with Crippen LogP contribution in [-0.2, 0) is 20.1 Å². The molecule has 2 aromatic carbocycles. The van der Waals surface area contributed by atoms with Crippen LogP contribution < -0.4 is 0 Å². The summed E-state index contributed by atoms with van der Waals surface area (Å²) < 4.78 is 29.0. The molecule has 0 aliphatic heterocycles. The average Bonchev–Trinajstić information content (AvgIpc) is 3.22. The molecule has 4 aromatic rings. The van der Waals surface area contributed by atoms with E-state index in [1.165, 1.54) is 0 Å². The molecule has 1 unspecified atom stereocenters. The number of pyridine rings is 1. The molecule has 0 bridgehead atoms. The van der Waals surface area contributed by atoms with Crippen molar-refractivity contribution in [3.63, 3.8) is 0 Å². The maximum Gasteiger partial charge on any atom is 0.0493 e. The third-order valence-corrected chi connectivity index (χ3v) is 4.35. The number of rotatable bonds is 4. The third-order valence-electron chi connectivity index (χ3n) is 4.35. The van der Waals surface area contributed by atoms with Gasteiger partial charge in [-0.3, -0.25) is 13.5 Å². The second kappa shape index (κ2) is 8.55. The molecule has 143 valence electrons. The van der Waals surface area contributed by atoms with E-state index in [0.717, 1.165) is 29.1 Å². The Bertz CT molecular complexity index is 1080. The van der Waals surface area contributed by atoms with Crippen molar-refractivity contribution < 1.29 is 28.9 Å². The molecule has 28 heavy (non-hydrogen) atoms. The molecule has 0 aliphatic carbocycles. The van der Waals surface area contributed by atoms with E-state index in [9.17, 15) is 8.78 Å². The standard InChI is InChI=1S/C22H15F2N3.Ir/c1-15(16-5-2-6-18(13-16)27-12-4-11-25-27)21-7-3-8-22(26-21)19-10-9-17(23)14-20(19)24;/h2-9,11-12,14-15H,1H3;/q-2;. The molecule has 0 fully saturated rings. The number of nitrogens with zero attached hydrogens (tertiary/aromatic N) is 3. The SMILES string of the molecule is CC(c1[c-]c(-n2cccn2)ccc1)c1cccc(-c2[c-]cc(F)cc2F)n1.[Ir]. The minimum absolute atomic E-state index is 0. The second-order valence-electron chi connectivity index (χ2n) is 6.15. The Kier molecular flexibility index (Phi) is 6.12. The van der Waals surface area contributed by atoms with Gasteiger partial charge in [0.25, 0.3) is 0 Å². The Morgan fingerprint density at radius 3 is 2.64 bits per heavy atom. The molecule has 0 spiro atoms. The van der Waals surface area contributed by atoms with E-state index in [4.69, 9.17) is 0 Å². The predicted octanol–water partition coefficient (Wildman–Crippen LogP) is 4.96. The van der Waals surface area contributed by atoms with Gasteiger partial charge in [-0.15, -0.1) is 18.2 Å². The summed E-state index contributed by atoms with van der Waals surface area (Å²) >= 11 is 0. The molecule has 0 saturated heterocycles. The smallest absolute Gasteiger partial charge is 0.0493 e. The van der Waals surface area contributed by atoms with Crippen LogP contribution in [0.5, 0.6) is 0 Å². The van der Waals surface area contributed by atoms with Crippen molar-refractivity contribution in [1.29, 1.82) is 0 Å². The zero-order chi connectivity index (χ0) is 18.8. The topological polar surface area (TPSA) is 30.7 Å². The summed E-state index contributed by atoms with van der Waals surface area (Å²) in [5, 5.41) is 4.22. The van der Waals surface area contributed by atoms with Crippen LogP contribution in [0.4, 0.5) is 8.78 Å². The van der Waals surface area contributed by atoms with Gasteiger partial charge in [0.1, 0.15) is 0 Å². The molecule has 2 heterocycles. The van der Waals surface area contributed by atoms with Crippen LogP contribution in [0.25, 0.3) is 16.9 Å². The zero-order valence-electron chi connectivity index (χ0n) is 14.9. The first-order valence-electron chi connectivity index (χ1n) is 8.48. The van der Waals surface area contributed by atoms with Gasteiger partial charge in [0.2, 0.25) is 0 Å². The maximum absolute atomic E-state index is 14.1. The minimum atomic E-state index is -0.681. The van der Waals surface area contributed by atoms with E-state index >= 15 is 0 Å². The second-order valence-corrected chi connectivity index (χ2v) is 6.15. The van der Waals surface area contributed by atoms with Crippen molar-refractivity contribution in [2.24, 2.45) is 0 Å². The van der Waals surface area contributed by atoms with E-state index in [1.807, 2.05) is 49.5 Å². The van der Waals surface area contributed by atoms with Crippen LogP contribution in [0.15, 0.2) is 67.0 Å². The first-order valence-corrected chi connectivity index (χ1v) is 8.48. The van der Waals surface area contributed by atoms with E-state index in [1.54, 1.807) is 16.9 Å². The molecule has 0 aliphatic rings. The first kappa shape index (κ1) is 20.1. The predicted molar refractivity (Wildman–Crippen MR) is 98.3 cm³/mol. The fourth-order valence-corrected chi connectivity index (χ4v) is 2.90. The summed E-state index contributed by atoms with van der Waals surface area (Å²) in [5.74, 6) is -1.41. The van der Waals surface area contributed by atoms with Crippen LogP contribution in [0, 0.1) is 23.8 Å². The van der Waals surface area contributed by atoms with E-state index in [0.29, 0.717) is 5.69 Å². The number of benzene rings is 2. The zero-order valence-corrected chi connectivity index (χ0v) is 17.3. The molecule has 1 atom stereocenters. The van der Waals surface area contributed by atoms with Gasteiger partial charge < -0.3 is 4.98 Å². The van der Waals surface area contributed by atoms with E-state index in [-0.39, 0.29) is 31.6 Å². The first-order chi connectivity index (χ1) is 13.1. The van der Waals surface area contributed by atoms with Crippen molar-refractivity contribution in [2.45, 2.75) is 12.8 Å². The number of aromatic nitrogens is 3. The van der Waals surface area contributed by atoms with Gasteiger partial charge in [0.15, 0.2) is 0 Å². The van der Waals surface area contributed by atoms with E-state index < -0.39 is 11.6 Å². The van der Waals surface area contributed by atoms with Gasteiger partial charge >= 0.3 is 0 Å². The van der Waals surface area contributed by atoms with Crippen molar-refractivity contribution >= 4 is 0 Å². The monoisotopic (exact) mass is 552 g/mol. The molecular weight excluding hydrogens is 536 g/mol. The van der Waals surface area contributed by atoms with Crippen LogP contribution in [0.1, 0.15) is 24.1 Å². The van der Waals surface area contributed by atoms with Gasteiger partial charge in [0, 0.05) is 49.8 Å². The van der Waals surface area contributed by atoms with Crippen LogP contribution in [0.3, 0.4) is 0 Å². The summed E-state index contributed by atoms with van der Waals surface area (Å²) in [6, 6.07) is 21.0. The fraction of sp³-hybridized carbons (Fsp3) is 0.0909. The van der Waals surface area contributed by atoms with Gasteiger partial charge in [-0.1, -0.05) is 30.7 Å². The van der Waals surface area contributed by atoms with Crippen molar-refractivity contribution in [3.05, 3.63) is 102 Å². The molecule has 3 nitrogen and oxygen atoms in total. The summed E-state index contributed by atoms with van der Waals surface area (Å²) in [4.78, 5) is 4.57. The Morgan fingerprint density at radius 1 is 1.07 bits per heavy atom. The van der Waals surface area contributed by atoms with Gasteiger partial charge in [-0.25, -0.2) is 0 Å². The summed E-state index contributed by atoms with van der Waals surface area (Å²) in [6.07, 6.45) is 3.56. The van der Waals surface area contributed by atoms with Crippen LogP contribution >= 0.6 is 0 Å². The summed E-state index contributed by atoms with van der Waals surface area (Å²) in [6.45, 7) is 2.01. The van der Waals surface area contributed by atoms with E-state index in [2.05, 4.69) is 22.2 Å². The average molecular weight is 552 g/mol.